The second-order valence-corrected chi connectivity index (χ2v) is 4.76. The number of hydrogen-bond acceptors (Lipinski definition) is 6. The Morgan fingerprint density at radius 2 is 2.00 bits per heavy atom. The number of nitrogens with zero attached hydrogens (tertiary/aromatic N) is 4. The van der Waals surface area contributed by atoms with Gasteiger partial charge in [-0.2, -0.15) is 4.98 Å². The summed E-state index contributed by atoms with van der Waals surface area (Å²) in [5.74, 6) is 0.496. The summed E-state index contributed by atoms with van der Waals surface area (Å²) in [6.45, 7) is 3.59. The first kappa shape index (κ1) is 13.4. The van der Waals surface area contributed by atoms with Gasteiger partial charge in [-0.3, -0.25) is 14.8 Å². The van der Waals surface area contributed by atoms with Crippen LogP contribution in [0.5, 0.6) is 0 Å². The van der Waals surface area contributed by atoms with Crippen LogP contribution in [0.3, 0.4) is 0 Å². The summed E-state index contributed by atoms with van der Waals surface area (Å²) in [4.78, 5) is 24.5. The first-order chi connectivity index (χ1) is 10.2. The molecule has 3 aromatic rings. The Bertz CT molecular complexity index is 797. The van der Waals surface area contributed by atoms with Gasteiger partial charge in [-0.15, -0.1) is 0 Å². The summed E-state index contributed by atoms with van der Waals surface area (Å²) < 4.78 is 5.20. The quantitative estimate of drug-likeness (QED) is 0.731. The molecule has 2 heterocycles. The Kier molecular flexibility index (Phi) is 3.43. The van der Waals surface area contributed by atoms with E-state index in [2.05, 4.69) is 20.1 Å². The number of Topliss-reactive ketones (excluding diaryl/α,β-unsaturated/α-hetero) is 1. The normalized spacial score (nSPS) is 12.5. The van der Waals surface area contributed by atoms with Crippen LogP contribution < -0.4 is 0 Å². The molecule has 0 saturated heterocycles. The smallest absolute Gasteiger partial charge is 0.237 e. The van der Waals surface area contributed by atoms with Crippen LogP contribution >= 0.6 is 0 Å². The summed E-state index contributed by atoms with van der Waals surface area (Å²) in [7, 11) is 0. The second-order valence-electron chi connectivity index (χ2n) is 4.76. The van der Waals surface area contributed by atoms with Crippen LogP contribution in [0.4, 0.5) is 0 Å². The van der Waals surface area contributed by atoms with E-state index < -0.39 is 0 Å². The maximum absolute atomic E-state index is 11.7. The number of aromatic nitrogens is 4. The van der Waals surface area contributed by atoms with Crippen molar-refractivity contribution in [3.63, 3.8) is 0 Å². The van der Waals surface area contributed by atoms with E-state index in [0.717, 1.165) is 16.6 Å². The van der Waals surface area contributed by atoms with Crippen LogP contribution in [0.2, 0.25) is 0 Å². The summed E-state index contributed by atoms with van der Waals surface area (Å²) in [6, 6.07) is 5.57. The van der Waals surface area contributed by atoms with Gasteiger partial charge in [0, 0.05) is 24.4 Å². The Hall–Kier alpha value is -2.63. The van der Waals surface area contributed by atoms with Crippen molar-refractivity contribution >= 4 is 16.8 Å². The van der Waals surface area contributed by atoms with E-state index in [1.165, 1.54) is 0 Å². The SMILES string of the molecule is CCC(=O)C(C)c1nc(-c2ccc3nccnc3c2)no1. The molecule has 0 N–H and O–H groups in total. The second kappa shape index (κ2) is 5.40. The highest BCUT2D eigenvalue weighted by atomic mass is 16.5. The van der Waals surface area contributed by atoms with Crippen molar-refractivity contribution in [1.29, 1.82) is 0 Å². The van der Waals surface area contributed by atoms with Crippen LogP contribution in [0.25, 0.3) is 22.4 Å². The molecule has 0 aliphatic carbocycles. The zero-order valence-electron chi connectivity index (χ0n) is 11.8. The molecule has 3 rings (SSSR count). The average Bonchev–Trinajstić information content (AvgIpc) is 3.02. The molecular weight excluding hydrogens is 268 g/mol. The molecule has 0 spiro atoms. The van der Waals surface area contributed by atoms with Crippen molar-refractivity contribution in [3.05, 3.63) is 36.5 Å². The maximum atomic E-state index is 11.7. The van der Waals surface area contributed by atoms with Crippen LogP contribution in [0, 0.1) is 0 Å². The molecular formula is C15H14N4O2. The largest absolute Gasteiger partial charge is 0.338 e. The summed E-state index contributed by atoms with van der Waals surface area (Å²) >= 11 is 0. The van der Waals surface area contributed by atoms with Gasteiger partial charge >= 0.3 is 0 Å². The van der Waals surface area contributed by atoms with E-state index in [0.29, 0.717) is 18.1 Å². The Morgan fingerprint density at radius 3 is 2.76 bits per heavy atom. The predicted molar refractivity (Wildman–Crippen MR) is 76.5 cm³/mol. The summed E-state index contributed by atoms with van der Waals surface area (Å²) in [5.41, 5.74) is 2.35. The van der Waals surface area contributed by atoms with E-state index >= 15 is 0 Å². The molecule has 0 aliphatic rings. The average molecular weight is 282 g/mol. The number of hydrogen-bond donors (Lipinski definition) is 0. The standard InChI is InChI=1S/C15H14N4O2/c1-3-13(20)9(2)15-18-14(19-21-15)10-4-5-11-12(8-10)17-7-6-16-11/h4-9H,3H2,1-2H3. The number of ketones is 1. The molecule has 6 nitrogen and oxygen atoms in total. The van der Waals surface area contributed by atoms with Gasteiger partial charge in [-0.1, -0.05) is 12.1 Å². The Balaban J connectivity index is 1.96. The van der Waals surface area contributed by atoms with Crippen molar-refractivity contribution in [2.75, 3.05) is 0 Å². The van der Waals surface area contributed by atoms with Gasteiger partial charge in [0.25, 0.3) is 0 Å². The molecule has 0 saturated carbocycles. The van der Waals surface area contributed by atoms with E-state index in [1.807, 2.05) is 25.1 Å². The minimum atomic E-state index is -0.378. The van der Waals surface area contributed by atoms with Crippen molar-refractivity contribution in [1.82, 2.24) is 20.1 Å². The molecule has 21 heavy (non-hydrogen) atoms. The van der Waals surface area contributed by atoms with E-state index in [9.17, 15) is 4.79 Å². The van der Waals surface area contributed by atoms with Crippen molar-refractivity contribution in [2.24, 2.45) is 0 Å². The van der Waals surface area contributed by atoms with Crippen LogP contribution in [0.1, 0.15) is 32.1 Å². The van der Waals surface area contributed by atoms with Gasteiger partial charge in [0.15, 0.2) is 0 Å². The monoisotopic (exact) mass is 282 g/mol. The summed E-state index contributed by atoms with van der Waals surface area (Å²) in [5, 5.41) is 3.94. The Morgan fingerprint density at radius 1 is 1.24 bits per heavy atom. The summed E-state index contributed by atoms with van der Waals surface area (Å²) in [6.07, 6.45) is 3.73. The van der Waals surface area contributed by atoms with Crippen LogP contribution in [-0.2, 0) is 4.79 Å². The van der Waals surface area contributed by atoms with Crippen molar-refractivity contribution in [2.45, 2.75) is 26.2 Å². The molecule has 106 valence electrons. The van der Waals surface area contributed by atoms with Crippen molar-refractivity contribution < 1.29 is 9.32 Å². The number of benzene rings is 1. The highest BCUT2D eigenvalue weighted by Gasteiger charge is 2.20. The van der Waals surface area contributed by atoms with Gasteiger partial charge in [0.05, 0.1) is 17.0 Å². The number of carbonyl (C=O) groups excluding carboxylic acids is 1. The van der Waals surface area contributed by atoms with Gasteiger partial charge in [-0.25, -0.2) is 0 Å². The van der Waals surface area contributed by atoms with Gasteiger partial charge in [-0.05, 0) is 25.1 Å². The molecule has 0 amide bonds. The molecule has 0 aliphatic heterocycles. The predicted octanol–water partition coefficient (Wildman–Crippen LogP) is 2.76. The Labute approximate surface area is 121 Å². The molecule has 0 bridgehead atoms. The van der Waals surface area contributed by atoms with Gasteiger partial charge in [0.2, 0.25) is 11.7 Å². The first-order valence-electron chi connectivity index (χ1n) is 6.76. The molecule has 6 heteroatoms. The third-order valence-electron chi connectivity index (χ3n) is 3.37. The van der Waals surface area contributed by atoms with E-state index in [1.54, 1.807) is 19.3 Å². The number of fused-ring (bicyclic) bond motifs is 1. The van der Waals surface area contributed by atoms with Gasteiger partial charge in [0.1, 0.15) is 5.78 Å². The molecule has 1 aromatic carbocycles. The van der Waals surface area contributed by atoms with Crippen LogP contribution in [-0.4, -0.2) is 25.9 Å². The van der Waals surface area contributed by atoms with E-state index in [4.69, 9.17) is 4.52 Å². The molecule has 1 unspecified atom stereocenters. The minimum Gasteiger partial charge on any atom is -0.338 e. The van der Waals surface area contributed by atoms with Gasteiger partial charge < -0.3 is 4.52 Å². The number of rotatable bonds is 4. The lowest BCUT2D eigenvalue weighted by molar-refractivity contribution is -0.120. The lowest BCUT2D eigenvalue weighted by Crippen LogP contribution is -2.07. The van der Waals surface area contributed by atoms with E-state index in [-0.39, 0.29) is 11.7 Å². The maximum Gasteiger partial charge on any atom is 0.237 e. The number of carbonyl (C=O) groups is 1. The highest BCUT2D eigenvalue weighted by Crippen LogP contribution is 2.23. The third kappa shape index (κ3) is 2.52. The minimum absolute atomic E-state index is 0.0783. The first-order valence-corrected chi connectivity index (χ1v) is 6.76. The topological polar surface area (TPSA) is 81.8 Å². The third-order valence-corrected chi connectivity index (χ3v) is 3.37. The fourth-order valence-electron chi connectivity index (χ4n) is 2.07. The van der Waals surface area contributed by atoms with Crippen molar-refractivity contribution in [3.8, 4) is 11.4 Å². The zero-order valence-corrected chi connectivity index (χ0v) is 11.8. The van der Waals surface area contributed by atoms with Crippen LogP contribution in [0.15, 0.2) is 35.1 Å². The lowest BCUT2D eigenvalue weighted by atomic mass is 10.1. The fraction of sp³-hybridized carbons (Fsp3) is 0.267. The molecule has 0 radical (unpaired) electrons. The molecule has 1 atom stereocenters. The lowest BCUT2D eigenvalue weighted by Gasteiger charge is -2.01. The molecule has 0 fully saturated rings. The fourth-order valence-corrected chi connectivity index (χ4v) is 2.07. The molecule has 2 aromatic heterocycles. The zero-order chi connectivity index (χ0) is 14.8. The highest BCUT2D eigenvalue weighted by molar-refractivity contribution is 5.84.